The Balaban J connectivity index is 2.81. The molecule has 0 spiro atoms. The number of rotatable bonds is 3. The summed E-state index contributed by atoms with van der Waals surface area (Å²) in [6.07, 6.45) is -2.80. The van der Waals surface area contributed by atoms with Gasteiger partial charge in [0.1, 0.15) is 17.7 Å². The summed E-state index contributed by atoms with van der Waals surface area (Å²) < 4.78 is 49.9. The third kappa shape index (κ3) is 3.68. The highest BCUT2D eigenvalue weighted by Crippen LogP contribution is 2.26. The summed E-state index contributed by atoms with van der Waals surface area (Å²) in [5, 5.41) is 5.08. The van der Waals surface area contributed by atoms with Crippen LogP contribution in [0.5, 0.6) is 0 Å². The van der Waals surface area contributed by atoms with Crippen LogP contribution in [0.1, 0.15) is 5.56 Å². The van der Waals surface area contributed by atoms with Crippen LogP contribution in [0.2, 0.25) is 0 Å². The number of benzene rings is 1. The first kappa shape index (κ1) is 12.3. The van der Waals surface area contributed by atoms with Crippen LogP contribution in [0.3, 0.4) is 0 Å². The highest BCUT2D eigenvalue weighted by atomic mass is 35.5. The van der Waals surface area contributed by atoms with Gasteiger partial charge < -0.3 is 5.11 Å². The van der Waals surface area contributed by atoms with E-state index < -0.39 is 29.5 Å². The fraction of sp³-hybridized carbons (Fsp3) is 0.333. The SMILES string of the molecule is OC(Cc1cc(F)cc(F)c1)C(F)(F)Cl. The minimum absolute atomic E-state index is 0.0830. The molecule has 0 aliphatic heterocycles. The second-order valence-corrected chi connectivity index (χ2v) is 3.54. The molecule has 0 radical (unpaired) electrons. The minimum Gasteiger partial charge on any atom is -0.385 e. The van der Waals surface area contributed by atoms with E-state index in [4.69, 9.17) is 5.11 Å². The fourth-order valence-electron chi connectivity index (χ4n) is 1.07. The van der Waals surface area contributed by atoms with Gasteiger partial charge in [-0.2, -0.15) is 8.78 Å². The van der Waals surface area contributed by atoms with E-state index in [1.807, 2.05) is 0 Å². The number of halogens is 5. The highest BCUT2D eigenvalue weighted by molar-refractivity contribution is 6.22. The predicted octanol–water partition coefficient (Wildman–Crippen LogP) is 2.70. The average Bonchev–Trinajstić information content (AvgIpc) is 1.99. The molecule has 0 saturated heterocycles. The lowest BCUT2D eigenvalue weighted by Gasteiger charge is -2.15. The zero-order chi connectivity index (χ0) is 11.6. The van der Waals surface area contributed by atoms with Crippen LogP contribution in [0.4, 0.5) is 17.6 Å². The van der Waals surface area contributed by atoms with Gasteiger partial charge in [0.2, 0.25) is 0 Å². The second-order valence-electron chi connectivity index (χ2n) is 3.04. The van der Waals surface area contributed by atoms with Crippen LogP contribution in [-0.2, 0) is 6.42 Å². The maximum atomic E-state index is 12.6. The lowest BCUT2D eigenvalue weighted by Crippen LogP contribution is -2.29. The molecule has 0 fully saturated rings. The number of alkyl halides is 3. The van der Waals surface area contributed by atoms with Crippen molar-refractivity contribution in [3.63, 3.8) is 0 Å². The zero-order valence-corrected chi connectivity index (χ0v) is 8.11. The first-order valence-electron chi connectivity index (χ1n) is 3.99. The topological polar surface area (TPSA) is 20.2 Å². The standard InChI is InChI=1S/C9H7ClF4O/c10-9(13,14)8(15)3-5-1-6(11)4-7(12)2-5/h1-2,4,8,15H,3H2. The van der Waals surface area contributed by atoms with E-state index in [-0.39, 0.29) is 5.56 Å². The van der Waals surface area contributed by atoms with Crippen molar-refractivity contribution in [1.82, 2.24) is 0 Å². The van der Waals surface area contributed by atoms with Gasteiger partial charge in [-0.3, -0.25) is 0 Å². The van der Waals surface area contributed by atoms with Gasteiger partial charge in [0.15, 0.2) is 0 Å². The molecule has 0 amide bonds. The smallest absolute Gasteiger partial charge is 0.347 e. The van der Waals surface area contributed by atoms with Crippen molar-refractivity contribution < 1.29 is 22.7 Å². The molecule has 1 nitrogen and oxygen atoms in total. The maximum Gasteiger partial charge on any atom is 0.347 e. The third-order valence-electron chi connectivity index (χ3n) is 1.73. The van der Waals surface area contributed by atoms with Crippen LogP contribution < -0.4 is 0 Å². The summed E-state index contributed by atoms with van der Waals surface area (Å²) in [4.78, 5) is 0. The van der Waals surface area contributed by atoms with E-state index >= 15 is 0 Å². The molecule has 15 heavy (non-hydrogen) atoms. The molecule has 0 aliphatic rings. The quantitative estimate of drug-likeness (QED) is 0.638. The third-order valence-corrected chi connectivity index (χ3v) is 1.98. The first-order chi connectivity index (χ1) is 6.79. The molecular formula is C9H7ClF4O. The summed E-state index contributed by atoms with van der Waals surface area (Å²) in [5.74, 6) is -1.79. The summed E-state index contributed by atoms with van der Waals surface area (Å²) in [5.41, 5.74) is -0.0830. The number of hydrogen-bond donors (Lipinski definition) is 1. The lowest BCUT2D eigenvalue weighted by molar-refractivity contribution is -0.0398. The Morgan fingerprint density at radius 1 is 1.20 bits per heavy atom. The van der Waals surface area contributed by atoms with Crippen molar-refractivity contribution in [2.75, 3.05) is 0 Å². The van der Waals surface area contributed by atoms with Crippen molar-refractivity contribution in [1.29, 1.82) is 0 Å². The van der Waals surface area contributed by atoms with E-state index in [0.717, 1.165) is 12.1 Å². The summed E-state index contributed by atoms with van der Waals surface area (Å²) in [6.45, 7) is 0. The van der Waals surface area contributed by atoms with Gasteiger partial charge in [0.05, 0.1) is 0 Å². The summed E-state index contributed by atoms with van der Waals surface area (Å²) in [7, 11) is 0. The van der Waals surface area contributed by atoms with E-state index in [1.54, 1.807) is 0 Å². The van der Waals surface area contributed by atoms with Crippen molar-refractivity contribution in [2.45, 2.75) is 17.9 Å². The van der Waals surface area contributed by atoms with E-state index in [0.29, 0.717) is 6.07 Å². The Hall–Kier alpha value is -0.810. The summed E-state index contributed by atoms with van der Waals surface area (Å²) in [6, 6.07) is 2.32. The maximum absolute atomic E-state index is 12.6. The molecule has 84 valence electrons. The molecular weight excluding hydrogens is 236 g/mol. The second kappa shape index (κ2) is 4.37. The Bertz CT molecular complexity index is 330. The summed E-state index contributed by atoms with van der Waals surface area (Å²) >= 11 is 4.54. The molecule has 0 aromatic heterocycles. The molecule has 1 rings (SSSR count). The molecule has 0 aliphatic carbocycles. The predicted molar refractivity (Wildman–Crippen MR) is 46.9 cm³/mol. The van der Waals surface area contributed by atoms with Crippen molar-refractivity contribution >= 4 is 11.6 Å². The van der Waals surface area contributed by atoms with Gasteiger partial charge in [-0.15, -0.1) is 0 Å². The molecule has 1 aromatic carbocycles. The molecule has 6 heteroatoms. The zero-order valence-electron chi connectivity index (χ0n) is 7.35. The van der Waals surface area contributed by atoms with Gasteiger partial charge in [0, 0.05) is 12.5 Å². The van der Waals surface area contributed by atoms with Gasteiger partial charge in [-0.1, -0.05) is 0 Å². The van der Waals surface area contributed by atoms with Gasteiger partial charge >= 0.3 is 5.38 Å². The van der Waals surface area contributed by atoms with E-state index in [1.165, 1.54) is 0 Å². The van der Waals surface area contributed by atoms with E-state index in [2.05, 4.69) is 11.6 Å². The first-order valence-corrected chi connectivity index (χ1v) is 4.36. The Kier molecular flexibility index (Phi) is 3.57. The molecule has 1 atom stereocenters. The fourth-order valence-corrected chi connectivity index (χ4v) is 1.14. The van der Waals surface area contributed by atoms with Gasteiger partial charge in [-0.05, 0) is 29.3 Å². The molecule has 1 N–H and O–H groups in total. The largest absolute Gasteiger partial charge is 0.385 e. The molecule has 0 saturated carbocycles. The van der Waals surface area contributed by atoms with Crippen molar-refractivity contribution in [2.24, 2.45) is 0 Å². The van der Waals surface area contributed by atoms with Crippen molar-refractivity contribution in [3.05, 3.63) is 35.4 Å². The van der Waals surface area contributed by atoms with Crippen LogP contribution in [0, 0.1) is 11.6 Å². The molecule has 0 bridgehead atoms. The average molecular weight is 243 g/mol. The van der Waals surface area contributed by atoms with Gasteiger partial charge in [-0.25, -0.2) is 8.78 Å². The Morgan fingerprint density at radius 3 is 2.07 bits per heavy atom. The highest BCUT2D eigenvalue weighted by Gasteiger charge is 2.35. The molecule has 1 aromatic rings. The normalized spacial score (nSPS) is 14.0. The van der Waals surface area contributed by atoms with E-state index in [9.17, 15) is 17.6 Å². The van der Waals surface area contributed by atoms with Crippen LogP contribution in [-0.4, -0.2) is 16.6 Å². The monoisotopic (exact) mass is 242 g/mol. The molecule has 0 heterocycles. The number of hydrogen-bond acceptors (Lipinski definition) is 1. The van der Waals surface area contributed by atoms with Crippen LogP contribution >= 0.6 is 11.6 Å². The molecule has 1 unspecified atom stereocenters. The van der Waals surface area contributed by atoms with Gasteiger partial charge in [0.25, 0.3) is 0 Å². The Morgan fingerprint density at radius 2 is 1.67 bits per heavy atom. The Labute approximate surface area is 88.3 Å². The lowest BCUT2D eigenvalue weighted by atomic mass is 10.1. The number of aliphatic hydroxyl groups is 1. The van der Waals surface area contributed by atoms with Crippen molar-refractivity contribution in [3.8, 4) is 0 Å². The minimum atomic E-state index is -3.82. The van der Waals surface area contributed by atoms with Crippen LogP contribution in [0.25, 0.3) is 0 Å². The van der Waals surface area contributed by atoms with Crippen LogP contribution in [0.15, 0.2) is 18.2 Å². The number of aliphatic hydroxyl groups excluding tert-OH is 1.